The number of hydroxylamine groups is 2. The van der Waals surface area contributed by atoms with Crippen molar-refractivity contribution in [2.24, 2.45) is 0 Å². The number of piperazine rings is 1. The van der Waals surface area contributed by atoms with Crippen LogP contribution >= 0.6 is 0 Å². The molecule has 2 amide bonds. The van der Waals surface area contributed by atoms with Gasteiger partial charge in [-0.05, 0) is 47.0 Å². The van der Waals surface area contributed by atoms with Gasteiger partial charge in [-0.3, -0.25) is 14.4 Å². The highest BCUT2D eigenvalue weighted by Gasteiger charge is 2.32. The summed E-state index contributed by atoms with van der Waals surface area (Å²) in [5, 5.41) is 12.7. The van der Waals surface area contributed by atoms with Crippen molar-refractivity contribution in [1.29, 1.82) is 0 Å². The predicted molar refractivity (Wildman–Crippen MR) is 174 cm³/mol. The van der Waals surface area contributed by atoms with E-state index in [1.807, 2.05) is 30.3 Å². The Balaban J connectivity index is 1.57. The van der Waals surface area contributed by atoms with E-state index in [1.165, 1.54) is 15.8 Å². The van der Waals surface area contributed by atoms with E-state index >= 15 is 0 Å². The van der Waals surface area contributed by atoms with E-state index in [4.69, 9.17) is 14.3 Å². The van der Waals surface area contributed by atoms with Crippen molar-refractivity contribution in [1.82, 2.24) is 40.2 Å². The topological polar surface area (TPSA) is 171 Å². The molecule has 1 aliphatic heterocycles. The molecule has 1 saturated heterocycles. The number of carbonyl (C=O) groups is 4. The highest BCUT2D eigenvalue weighted by Crippen LogP contribution is 2.19. The number of unbranched alkanes of at least 4 members (excludes halogenated alkanes) is 1. The third-order valence-electron chi connectivity index (χ3n) is 7.22. The fourth-order valence-corrected chi connectivity index (χ4v) is 4.88. The van der Waals surface area contributed by atoms with E-state index in [2.05, 4.69) is 32.5 Å². The molecule has 1 fully saturated rings. The molecule has 0 radical (unpaired) electrons. The third kappa shape index (κ3) is 10.6. The Hall–Kier alpha value is -4.92. The molecule has 2 aromatic heterocycles. The number of rotatable bonds is 13. The van der Waals surface area contributed by atoms with Crippen molar-refractivity contribution < 1.29 is 33.5 Å². The average molecular weight is 665 g/mol. The van der Waals surface area contributed by atoms with Crippen LogP contribution in [0.2, 0.25) is 0 Å². The first-order chi connectivity index (χ1) is 23.0. The maximum Gasteiger partial charge on any atom is 0.527 e. The molecule has 1 atom stereocenters. The summed E-state index contributed by atoms with van der Waals surface area (Å²) in [4.78, 5) is 67.9. The number of hydrogen-bond acceptors (Lipinski definition) is 12. The van der Waals surface area contributed by atoms with Gasteiger partial charge < -0.3 is 24.5 Å². The fraction of sp³-hybridized carbons (Fsp3) is 0.515. The van der Waals surface area contributed by atoms with Gasteiger partial charge in [0.15, 0.2) is 11.6 Å². The van der Waals surface area contributed by atoms with Crippen LogP contribution in [0.4, 0.5) is 4.79 Å². The lowest BCUT2D eigenvalue weighted by molar-refractivity contribution is -0.158. The molecule has 3 aromatic rings. The van der Waals surface area contributed by atoms with Crippen LogP contribution in [0.25, 0.3) is 17.2 Å². The number of carbonyl (C=O) groups excluding carboxylic acids is 4. The van der Waals surface area contributed by atoms with Gasteiger partial charge in [-0.15, -0.1) is 10.2 Å². The first-order valence-corrected chi connectivity index (χ1v) is 16.2. The molecule has 0 aliphatic carbocycles. The Morgan fingerprint density at radius 2 is 1.73 bits per heavy atom. The van der Waals surface area contributed by atoms with Crippen molar-refractivity contribution in [2.75, 3.05) is 32.8 Å². The quantitative estimate of drug-likeness (QED) is 0.264. The summed E-state index contributed by atoms with van der Waals surface area (Å²) in [5.74, 6) is -0.897. The number of aromatic nitrogens is 5. The van der Waals surface area contributed by atoms with Crippen molar-refractivity contribution >= 4 is 23.9 Å². The Labute approximate surface area is 279 Å². The largest absolute Gasteiger partial charge is 0.527 e. The van der Waals surface area contributed by atoms with Crippen molar-refractivity contribution in [3.8, 4) is 17.2 Å². The van der Waals surface area contributed by atoms with Gasteiger partial charge in [-0.1, -0.05) is 48.9 Å². The Bertz CT molecular complexity index is 1550. The van der Waals surface area contributed by atoms with Crippen molar-refractivity contribution in [3.63, 3.8) is 0 Å². The number of hydrogen-bond donors (Lipinski definition) is 1. The molecule has 15 heteroatoms. The molecule has 0 bridgehead atoms. The number of nitrogens with zero attached hydrogens (tertiary/aromatic N) is 7. The van der Waals surface area contributed by atoms with Crippen LogP contribution in [0.15, 0.2) is 42.6 Å². The lowest BCUT2D eigenvalue weighted by Crippen LogP contribution is -2.55. The Morgan fingerprint density at radius 3 is 2.40 bits per heavy atom. The number of benzene rings is 1. The second-order valence-electron chi connectivity index (χ2n) is 12.2. The molecule has 1 aliphatic rings. The maximum atomic E-state index is 13.9. The molecular weight excluding hydrogens is 620 g/mol. The summed E-state index contributed by atoms with van der Waals surface area (Å²) < 4.78 is 11.8. The van der Waals surface area contributed by atoms with Crippen LogP contribution in [0.5, 0.6) is 0 Å². The first-order valence-electron chi connectivity index (χ1n) is 16.2. The van der Waals surface area contributed by atoms with Crippen LogP contribution in [0.3, 0.4) is 0 Å². The minimum absolute atomic E-state index is 0.00665. The molecule has 1 aromatic carbocycles. The van der Waals surface area contributed by atoms with Gasteiger partial charge in [0.25, 0.3) is 5.91 Å². The second-order valence-corrected chi connectivity index (χ2v) is 12.2. The number of ether oxygens (including phenoxy) is 2. The number of esters is 1. The molecule has 258 valence electrons. The Kier molecular flexibility index (Phi) is 12.5. The van der Waals surface area contributed by atoms with E-state index < -0.39 is 35.6 Å². The van der Waals surface area contributed by atoms with Gasteiger partial charge in [0, 0.05) is 31.1 Å². The van der Waals surface area contributed by atoms with Crippen LogP contribution in [-0.2, 0) is 30.3 Å². The predicted octanol–water partition coefficient (Wildman–Crippen LogP) is 3.52. The molecule has 0 spiro atoms. The van der Waals surface area contributed by atoms with E-state index in [-0.39, 0.29) is 51.3 Å². The van der Waals surface area contributed by atoms with Gasteiger partial charge in [0.05, 0.1) is 31.6 Å². The van der Waals surface area contributed by atoms with Crippen LogP contribution in [0.1, 0.15) is 76.5 Å². The highest BCUT2D eigenvalue weighted by atomic mass is 16.8. The maximum absolute atomic E-state index is 13.9. The number of nitrogens with one attached hydrogen (secondary N) is 1. The average Bonchev–Trinajstić information content (AvgIpc) is 3.54. The standard InChI is InChI=1S/C33H44N8O7/c1-6-8-14-24-22-41(38-37-24)27-21-26(34-29(36-27)23-12-10-9-11-13-23)30(43)35-25(15-16-28(42)47-33(3,4)5)31(44)39-17-19-40(20-18-39)48-32(45)46-7-2/h9-13,21-22,25H,6-8,14-20H2,1-5H3,(H,35,43)/t25-/m0/s1. The summed E-state index contributed by atoms with van der Waals surface area (Å²) in [6.07, 6.45) is 3.56. The smallest absolute Gasteiger partial charge is 0.460 e. The normalized spacial score (nSPS) is 14.2. The van der Waals surface area contributed by atoms with Gasteiger partial charge in [0.2, 0.25) is 5.91 Å². The molecule has 15 nitrogen and oxygen atoms in total. The zero-order valence-corrected chi connectivity index (χ0v) is 28.2. The fourth-order valence-electron chi connectivity index (χ4n) is 4.88. The van der Waals surface area contributed by atoms with Crippen molar-refractivity contribution in [2.45, 2.75) is 78.4 Å². The van der Waals surface area contributed by atoms with Gasteiger partial charge in [-0.25, -0.2) is 19.4 Å². The van der Waals surface area contributed by atoms with E-state index in [0.717, 1.165) is 25.0 Å². The summed E-state index contributed by atoms with van der Waals surface area (Å²) in [6, 6.07) is 9.61. The second kappa shape index (κ2) is 16.8. The van der Waals surface area contributed by atoms with Crippen molar-refractivity contribution in [3.05, 3.63) is 54.0 Å². The van der Waals surface area contributed by atoms with E-state index in [0.29, 0.717) is 17.2 Å². The first kappa shape index (κ1) is 35.9. The zero-order valence-electron chi connectivity index (χ0n) is 28.2. The van der Waals surface area contributed by atoms with Gasteiger partial charge >= 0.3 is 12.1 Å². The van der Waals surface area contributed by atoms with E-state index in [9.17, 15) is 19.2 Å². The molecule has 4 rings (SSSR count). The molecular formula is C33H44N8O7. The van der Waals surface area contributed by atoms with Crippen LogP contribution in [-0.4, -0.2) is 103 Å². The lowest BCUT2D eigenvalue weighted by Gasteiger charge is -2.35. The molecule has 0 saturated carbocycles. The zero-order chi connectivity index (χ0) is 34.7. The monoisotopic (exact) mass is 664 g/mol. The molecule has 1 N–H and O–H groups in total. The minimum atomic E-state index is -1.08. The minimum Gasteiger partial charge on any atom is -0.460 e. The number of amides is 2. The SMILES string of the molecule is CCCCc1cn(-c2cc(C(=O)N[C@@H](CCC(=O)OC(C)(C)C)C(=O)N3CCN(OC(=O)OCC)CC3)nc(-c3ccccc3)n2)nn1. The summed E-state index contributed by atoms with van der Waals surface area (Å²) >= 11 is 0. The summed E-state index contributed by atoms with van der Waals surface area (Å²) in [6.45, 7) is 10.1. The molecule has 48 heavy (non-hydrogen) atoms. The molecule has 0 unspecified atom stereocenters. The molecule has 3 heterocycles. The Morgan fingerprint density at radius 1 is 1.00 bits per heavy atom. The van der Waals surface area contributed by atoms with Gasteiger partial charge in [0.1, 0.15) is 17.3 Å². The van der Waals surface area contributed by atoms with Crippen LogP contribution in [0, 0.1) is 0 Å². The number of aryl methyl sites for hydroxylation is 1. The third-order valence-corrected chi connectivity index (χ3v) is 7.22. The van der Waals surface area contributed by atoms with Crippen LogP contribution < -0.4 is 5.32 Å². The van der Waals surface area contributed by atoms with E-state index in [1.54, 1.807) is 38.8 Å². The summed E-state index contributed by atoms with van der Waals surface area (Å²) in [5.41, 5.74) is 0.772. The summed E-state index contributed by atoms with van der Waals surface area (Å²) in [7, 11) is 0. The van der Waals surface area contributed by atoms with Gasteiger partial charge in [-0.2, -0.15) is 0 Å². The lowest BCUT2D eigenvalue weighted by atomic mass is 10.1. The highest BCUT2D eigenvalue weighted by molar-refractivity contribution is 5.97.